The Morgan fingerprint density at radius 2 is 1.64 bits per heavy atom. The minimum Gasteiger partial charge on any atom is -0.493 e. The molecule has 1 heterocycles. The van der Waals surface area contributed by atoms with Crippen LogP contribution in [0.25, 0.3) is 22.6 Å². The molecule has 4 rings (SSSR count). The van der Waals surface area contributed by atoms with E-state index in [0.717, 1.165) is 16.8 Å². The van der Waals surface area contributed by atoms with E-state index in [-0.39, 0.29) is 12.3 Å². The van der Waals surface area contributed by atoms with E-state index in [1.165, 1.54) is 0 Å². The monoisotopic (exact) mass is 442 g/mol. The third-order valence-corrected chi connectivity index (χ3v) is 5.07. The number of oxazole rings is 1. The summed E-state index contributed by atoms with van der Waals surface area (Å²) in [6.45, 7) is 2.44. The normalized spacial score (nSPS) is 10.6. The Hall–Kier alpha value is -4.06. The van der Waals surface area contributed by atoms with Crippen LogP contribution in [0.5, 0.6) is 11.5 Å². The smallest absolute Gasteiger partial charge is 0.224 e. The highest BCUT2D eigenvalue weighted by Crippen LogP contribution is 2.33. The maximum Gasteiger partial charge on any atom is 0.224 e. The summed E-state index contributed by atoms with van der Waals surface area (Å²) in [6.07, 6.45) is 0.616. The molecule has 0 radical (unpaired) electrons. The van der Waals surface area contributed by atoms with Crippen molar-refractivity contribution in [2.75, 3.05) is 19.0 Å². The summed E-state index contributed by atoms with van der Waals surface area (Å²) in [6, 6.07) is 25.1. The average Bonchev–Trinajstić information content (AvgIpc) is 3.29. The maximum atomic E-state index is 12.6. The molecule has 1 aromatic heterocycles. The lowest BCUT2D eigenvalue weighted by Crippen LogP contribution is -2.12. The van der Waals surface area contributed by atoms with Crippen LogP contribution in [0, 0.1) is 0 Å². The Morgan fingerprint density at radius 1 is 0.939 bits per heavy atom. The molecule has 0 aliphatic heterocycles. The molecule has 0 aliphatic rings. The van der Waals surface area contributed by atoms with Crippen LogP contribution < -0.4 is 14.8 Å². The van der Waals surface area contributed by atoms with Crippen molar-refractivity contribution in [3.8, 4) is 34.1 Å². The number of carbonyl (C=O) groups is 1. The summed E-state index contributed by atoms with van der Waals surface area (Å²) in [5, 5.41) is 2.90. The summed E-state index contributed by atoms with van der Waals surface area (Å²) < 4.78 is 17.0. The van der Waals surface area contributed by atoms with Gasteiger partial charge in [-0.05, 0) is 19.1 Å². The molecule has 33 heavy (non-hydrogen) atoms. The van der Waals surface area contributed by atoms with Crippen LogP contribution in [-0.2, 0) is 11.2 Å². The second-order valence-corrected chi connectivity index (χ2v) is 7.36. The lowest BCUT2D eigenvalue weighted by Gasteiger charge is -2.11. The first-order chi connectivity index (χ1) is 16.2. The lowest BCUT2D eigenvalue weighted by atomic mass is 10.1. The summed E-state index contributed by atoms with van der Waals surface area (Å²) in [5.74, 6) is 2.30. The van der Waals surface area contributed by atoms with Crippen molar-refractivity contribution in [3.63, 3.8) is 0 Å². The zero-order valence-electron chi connectivity index (χ0n) is 18.7. The Morgan fingerprint density at radius 3 is 2.30 bits per heavy atom. The quantitative estimate of drug-likeness (QED) is 0.345. The summed E-state index contributed by atoms with van der Waals surface area (Å²) in [7, 11) is 1.57. The molecule has 6 heteroatoms. The number of anilines is 1. The van der Waals surface area contributed by atoms with Crippen LogP contribution in [0.1, 0.15) is 19.2 Å². The number of rotatable bonds is 9. The second kappa shape index (κ2) is 10.5. The molecule has 0 fully saturated rings. The maximum absolute atomic E-state index is 12.6. The molecule has 0 spiro atoms. The fourth-order valence-electron chi connectivity index (χ4n) is 3.51. The Bertz CT molecular complexity index is 1150. The molecule has 1 amide bonds. The number of hydrogen-bond donors (Lipinski definition) is 1. The van der Waals surface area contributed by atoms with Crippen LogP contribution in [0.4, 0.5) is 5.69 Å². The molecule has 0 aliphatic carbocycles. The number of aryl methyl sites for hydroxylation is 1. The van der Waals surface area contributed by atoms with Gasteiger partial charge in [-0.2, -0.15) is 0 Å². The minimum absolute atomic E-state index is 0.137. The molecule has 0 saturated heterocycles. The van der Waals surface area contributed by atoms with Gasteiger partial charge in [0.15, 0.2) is 23.1 Å². The first-order valence-corrected chi connectivity index (χ1v) is 10.9. The van der Waals surface area contributed by atoms with Gasteiger partial charge >= 0.3 is 0 Å². The van der Waals surface area contributed by atoms with Gasteiger partial charge in [0.1, 0.15) is 5.69 Å². The van der Waals surface area contributed by atoms with Gasteiger partial charge in [-0.15, -0.1) is 0 Å². The fraction of sp³-hybridized carbons (Fsp3) is 0.185. The molecular formula is C27H26N2O4. The number of nitrogens with zero attached hydrogens (tertiary/aromatic N) is 1. The number of hydrogen-bond acceptors (Lipinski definition) is 5. The van der Waals surface area contributed by atoms with E-state index in [9.17, 15) is 4.79 Å². The lowest BCUT2D eigenvalue weighted by molar-refractivity contribution is -0.116. The number of amides is 1. The minimum atomic E-state index is -0.137. The van der Waals surface area contributed by atoms with Crippen LogP contribution in [-0.4, -0.2) is 24.6 Å². The van der Waals surface area contributed by atoms with E-state index < -0.39 is 0 Å². The van der Waals surface area contributed by atoms with Gasteiger partial charge < -0.3 is 19.2 Å². The summed E-state index contributed by atoms with van der Waals surface area (Å²) >= 11 is 0. The molecule has 168 valence electrons. The van der Waals surface area contributed by atoms with E-state index in [1.54, 1.807) is 25.3 Å². The van der Waals surface area contributed by atoms with E-state index in [1.807, 2.05) is 67.6 Å². The Labute approximate surface area is 193 Å². The van der Waals surface area contributed by atoms with Gasteiger partial charge in [0.05, 0.1) is 13.7 Å². The van der Waals surface area contributed by atoms with Gasteiger partial charge in [-0.25, -0.2) is 4.98 Å². The molecule has 0 atom stereocenters. The average molecular weight is 443 g/mol. The van der Waals surface area contributed by atoms with E-state index in [0.29, 0.717) is 41.9 Å². The van der Waals surface area contributed by atoms with Crippen molar-refractivity contribution < 1.29 is 18.7 Å². The second-order valence-electron chi connectivity index (χ2n) is 7.36. The van der Waals surface area contributed by atoms with Gasteiger partial charge in [-0.1, -0.05) is 60.7 Å². The van der Waals surface area contributed by atoms with Gasteiger partial charge in [0.25, 0.3) is 0 Å². The van der Waals surface area contributed by atoms with Crippen molar-refractivity contribution in [3.05, 3.63) is 84.8 Å². The molecule has 3 aromatic carbocycles. The molecule has 0 unspecified atom stereocenters. The number of ether oxygens (including phenoxy) is 2. The Balaban J connectivity index is 1.48. The zero-order valence-corrected chi connectivity index (χ0v) is 18.7. The highest BCUT2D eigenvalue weighted by atomic mass is 16.5. The van der Waals surface area contributed by atoms with Crippen molar-refractivity contribution in [2.45, 2.75) is 19.8 Å². The van der Waals surface area contributed by atoms with Gasteiger partial charge in [-0.3, -0.25) is 4.79 Å². The van der Waals surface area contributed by atoms with Gasteiger partial charge in [0, 0.05) is 35.7 Å². The summed E-state index contributed by atoms with van der Waals surface area (Å²) in [5.41, 5.74) is 3.33. The predicted molar refractivity (Wildman–Crippen MR) is 128 cm³/mol. The van der Waals surface area contributed by atoms with Gasteiger partial charge in [0.2, 0.25) is 5.91 Å². The van der Waals surface area contributed by atoms with E-state index >= 15 is 0 Å². The van der Waals surface area contributed by atoms with Crippen molar-refractivity contribution in [1.82, 2.24) is 4.98 Å². The largest absolute Gasteiger partial charge is 0.493 e. The van der Waals surface area contributed by atoms with Crippen LogP contribution in [0.3, 0.4) is 0 Å². The first kappa shape index (κ1) is 22.1. The zero-order chi connectivity index (χ0) is 23.0. The molecule has 6 nitrogen and oxygen atoms in total. The number of benzene rings is 3. The van der Waals surface area contributed by atoms with Crippen molar-refractivity contribution >= 4 is 11.6 Å². The van der Waals surface area contributed by atoms with E-state index in [2.05, 4.69) is 5.32 Å². The number of carbonyl (C=O) groups excluding carboxylic acids is 1. The topological polar surface area (TPSA) is 73.6 Å². The number of methoxy groups -OCH3 is 1. The Kier molecular flexibility index (Phi) is 7.05. The molecule has 1 N–H and O–H groups in total. The molecule has 0 bridgehead atoms. The number of nitrogens with one attached hydrogen (secondary N) is 1. The molecule has 4 aromatic rings. The first-order valence-electron chi connectivity index (χ1n) is 10.9. The highest BCUT2D eigenvalue weighted by Gasteiger charge is 2.17. The predicted octanol–water partition coefficient (Wildman–Crippen LogP) is 5.99. The summed E-state index contributed by atoms with van der Waals surface area (Å²) in [4.78, 5) is 17.3. The van der Waals surface area contributed by atoms with Crippen LogP contribution >= 0.6 is 0 Å². The van der Waals surface area contributed by atoms with E-state index in [4.69, 9.17) is 18.9 Å². The molecular weight excluding hydrogens is 416 g/mol. The third-order valence-electron chi connectivity index (χ3n) is 5.07. The van der Waals surface area contributed by atoms with Crippen molar-refractivity contribution in [1.29, 1.82) is 0 Å². The fourth-order valence-corrected chi connectivity index (χ4v) is 3.51. The standard InChI is InChI=1S/C27H26N2O4/c1-3-32-22-15-14-21(18-23(22)31-2)28-24(30)16-17-25-29-26(19-10-6-4-7-11-19)27(33-25)20-12-8-5-9-13-20/h4-15,18H,3,16-17H2,1-2H3,(H,28,30). The highest BCUT2D eigenvalue weighted by molar-refractivity contribution is 5.91. The SMILES string of the molecule is CCOc1ccc(NC(=O)CCc2nc(-c3ccccc3)c(-c3ccccc3)o2)cc1OC. The van der Waals surface area contributed by atoms with Crippen LogP contribution in [0.15, 0.2) is 83.3 Å². The van der Waals surface area contributed by atoms with Crippen molar-refractivity contribution in [2.24, 2.45) is 0 Å². The van der Waals surface area contributed by atoms with Crippen LogP contribution in [0.2, 0.25) is 0 Å². The third kappa shape index (κ3) is 5.41. The molecule has 0 saturated carbocycles. The number of aromatic nitrogens is 1.